The summed E-state index contributed by atoms with van der Waals surface area (Å²) in [6.45, 7) is -1.58. The van der Waals surface area contributed by atoms with E-state index in [0.717, 1.165) is 12.3 Å². The summed E-state index contributed by atoms with van der Waals surface area (Å²) in [5.74, 6) is -1.74. The lowest BCUT2D eigenvalue weighted by Crippen LogP contribution is -2.19. The van der Waals surface area contributed by atoms with Gasteiger partial charge in [-0.3, -0.25) is 0 Å². The summed E-state index contributed by atoms with van der Waals surface area (Å²) in [5.41, 5.74) is 0. The maximum atomic E-state index is 12.7. The first kappa shape index (κ1) is 11.0. The zero-order valence-electron chi connectivity index (χ0n) is 6.61. The number of pyridine rings is 1. The molecule has 1 aromatic heterocycles. The van der Waals surface area contributed by atoms with Crippen molar-refractivity contribution in [3.63, 3.8) is 0 Å². The Balaban J connectivity index is 2.72. The second-order valence-electron chi connectivity index (χ2n) is 2.35. The summed E-state index contributed by atoms with van der Waals surface area (Å²) in [5, 5.41) is 0.00331. The number of alkyl halides is 3. The predicted molar refractivity (Wildman–Crippen MR) is 40.8 cm³/mol. The summed E-state index contributed by atoms with van der Waals surface area (Å²) < 4.78 is 51.8. The highest BCUT2D eigenvalue weighted by Gasteiger charge is 2.29. The standard InChI is InChI=1S/C7H4ClF4NO/c8-4-1-5(6(9)13-2-4)14-3-7(10,11)12/h1-2H,3H2. The Kier molecular flexibility index (Phi) is 3.15. The quantitative estimate of drug-likeness (QED) is 0.575. The SMILES string of the molecule is Fc1ncc(Cl)cc1OCC(F)(F)F. The average molecular weight is 230 g/mol. The molecule has 0 spiro atoms. The van der Waals surface area contributed by atoms with E-state index >= 15 is 0 Å². The average Bonchev–Trinajstić information content (AvgIpc) is 2.05. The lowest BCUT2D eigenvalue weighted by molar-refractivity contribution is -0.153. The highest BCUT2D eigenvalue weighted by atomic mass is 35.5. The molecule has 0 radical (unpaired) electrons. The zero-order valence-corrected chi connectivity index (χ0v) is 7.36. The van der Waals surface area contributed by atoms with Crippen LogP contribution in [-0.4, -0.2) is 17.8 Å². The number of nitrogens with zero attached hydrogens (tertiary/aromatic N) is 1. The van der Waals surface area contributed by atoms with Crippen LogP contribution in [0.15, 0.2) is 12.3 Å². The van der Waals surface area contributed by atoms with Gasteiger partial charge in [0.1, 0.15) is 0 Å². The molecule has 0 bridgehead atoms. The smallest absolute Gasteiger partial charge is 0.422 e. The van der Waals surface area contributed by atoms with Crippen LogP contribution in [0.1, 0.15) is 0 Å². The van der Waals surface area contributed by atoms with Gasteiger partial charge in [-0.1, -0.05) is 11.6 Å². The molecule has 14 heavy (non-hydrogen) atoms. The van der Waals surface area contributed by atoms with E-state index in [-0.39, 0.29) is 5.02 Å². The molecule has 2 nitrogen and oxygen atoms in total. The van der Waals surface area contributed by atoms with Crippen LogP contribution in [0.25, 0.3) is 0 Å². The number of halogens is 5. The Bertz CT molecular complexity index is 328. The molecule has 0 aliphatic carbocycles. The topological polar surface area (TPSA) is 22.1 Å². The maximum absolute atomic E-state index is 12.7. The molecule has 0 saturated heterocycles. The molecule has 0 atom stereocenters. The van der Waals surface area contributed by atoms with Crippen LogP contribution < -0.4 is 4.74 Å². The third-order valence-electron chi connectivity index (χ3n) is 1.16. The van der Waals surface area contributed by atoms with Crippen LogP contribution in [0.3, 0.4) is 0 Å². The van der Waals surface area contributed by atoms with Gasteiger partial charge in [0.15, 0.2) is 12.4 Å². The van der Waals surface area contributed by atoms with Gasteiger partial charge < -0.3 is 4.74 Å². The van der Waals surface area contributed by atoms with Gasteiger partial charge in [0.05, 0.1) is 5.02 Å². The monoisotopic (exact) mass is 229 g/mol. The summed E-state index contributed by atoms with van der Waals surface area (Å²) in [4.78, 5) is 3.09. The molecule has 0 saturated carbocycles. The molecule has 0 unspecified atom stereocenters. The lowest BCUT2D eigenvalue weighted by Gasteiger charge is -2.09. The minimum absolute atomic E-state index is 0.00331. The fourth-order valence-corrected chi connectivity index (χ4v) is 0.813. The minimum atomic E-state index is -4.52. The minimum Gasteiger partial charge on any atom is -0.479 e. The second kappa shape index (κ2) is 4.00. The van der Waals surface area contributed by atoms with Crippen molar-refractivity contribution in [3.05, 3.63) is 23.2 Å². The van der Waals surface area contributed by atoms with Gasteiger partial charge in [-0.05, 0) is 0 Å². The number of rotatable bonds is 2. The number of ether oxygens (including phenoxy) is 1. The van der Waals surface area contributed by atoms with Gasteiger partial charge in [0.2, 0.25) is 0 Å². The van der Waals surface area contributed by atoms with Crippen LogP contribution in [0.5, 0.6) is 5.75 Å². The summed E-state index contributed by atoms with van der Waals surface area (Å²) >= 11 is 5.38. The Hall–Kier alpha value is -1.04. The fourth-order valence-electron chi connectivity index (χ4n) is 0.665. The Morgan fingerprint density at radius 2 is 2.07 bits per heavy atom. The molecule has 1 rings (SSSR count). The first-order valence-corrected chi connectivity index (χ1v) is 3.77. The van der Waals surface area contributed by atoms with Crippen LogP contribution in [-0.2, 0) is 0 Å². The van der Waals surface area contributed by atoms with Crippen LogP contribution in [0.4, 0.5) is 17.6 Å². The highest BCUT2D eigenvalue weighted by Crippen LogP contribution is 2.22. The normalized spacial score (nSPS) is 11.5. The number of hydrogen-bond donors (Lipinski definition) is 0. The molecule has 0 amide bonds. The van der Waals surface area contributed by atoms with E-state index in [0.29, 0.717) is 0 Å². The van der Waals surface area contributed by atoms with Crippen molar-refractivity contribution in [3.8, 4) is 5.75 Å². The third-order valence-corrected chi connectivity index (χ3v) is 1.37. The van der Waals surface area contributed by atoms with Gasteiger partial charge in [-0.2, -0.15) is 17.6 Å². The van der Waals surface area contributed by atoms with Crippen molar-refractivity contribution in [2.24, 2.45) is 0 Å². The molecule has 0 aliphatic heterocycles. The van der Waals surface area contributed by atoms with Gasteiger partial charge in [0, 0.05) is 12.3 Å². The van der Waals surface area contributed by atoms with E-state index in [2.05, 4.69) is 9.72 Å². The van der Waals surface area contributed by atoms with E-state index in [1.807, 2.05) is 0 Å². The van der Waals surface area contributed by atoms with E-state index in [9.17, 15) is 17.6 Å². The van der Waals surface area contributed by atoms with E-state index in [1.54, 1.807) is 0 Å². The van der Waals surface area contributed by atoms with Crippen molar-refractivity contribution >= 4 is 11.6 Å². The van der Waals surface area contributed by atoms with Gasteiger partial charge in [0.25, 0.3) is 5.95 Å². The third kappa shape index (κ3) is 3.37. The van der Waals surface area contributed by atoms with Gasteiger partial charge in [-0.15, -0.1) is 0 Å². The van der Waals surface area contributed by atoms with Crippen LogP contribution in [0, 0.1) is 5.95 Å². The lowest BCUT2D eigenvalue weighted by atomic mass is 10.4. The number of hydrogen-bond acceptors (Lipinski definition) is 2. The van der Waals surface area contributed by atoms with Crippen LogP contribution in [0.2, 0.25) is 5.02 Å². The summed E-state index contributed by atoms with van der Waals surface area (Å²) in [6.07, 6.45) is -3.55. The van der Waals surface area contributed by atoms with Crippen molar-refractivity contribution in [2.75, 3.05) is 6.61 Å². The van der Waals surface area contributed by atoms with Crippen molar-refractivity contribution in [1.82, 2.24) is 4.98 Å². The van der Waals surface area contributed by atoms with Crippen molar-refractivity contribution in [2.45, 2.75) is 6.18 Å². The number of aromatic nitrogens is 1. The van der Waals surface area contributed by atoms with Crippen molar-refractivity contribution < 1.29 is 22.3 Å². The highest BCUT2D eigenvalue weighted by molar-refractivity contribution is 6.30. The Morgan fingerprint density at radius 1 is 1.43 bits per heavy atom. The van der Waals surface area contributed by atoms with E-state index in [1.165, 1.54) is 0 Å². The molecule has 0 N–H and O–H groups in total. The first-order valence-electron chi connectivity index (χ1n) is 3.39. The van der Waals surface area contributed by atoms with E-state index in [4.69, 9.17) is 11.6 Å². The molecular formula is C7H4ClF4NO. The second-order valence-corrected chi connectivity index (χ2v) is 2.78. The Labute approximate surface area is 81.5 Å². The van der Waals surface area contributed by atoms with Gasteiger partial charge >= 0.3 is 6.18 Å². The molecule has 78 valence electrons. The zero-order chi connectivity index (χ0) is 10.8. The maximum Gasteiger partial charge on any atom is 0.422 e. The summed E-state index contributed by atoms with van der Waals surface area (Å²) in [6, 6.07) is 0.926. The van der Waals surface area contributed by atoms with E-state index < -0.39 is 24.5 Å². The first-order chi connectivity index (χ1) is 6.38. The summed E-state index contributed by atoms with van der Waals surface area (Å²) in [7, 11) is 0. The molecule has 7 heteroatoms. The molecule has 0 aromatic carbocycles. The largest absolute Gasteiger partial charge is 0.479 e. The van der Waals surface area contributed by atoms with Crippen LogP contribution >= 0.6 is 11.6 Å². The molecule has 0 aliphatic rings. The molecule has 0 fully saturated rings. The molecule has 1 heterocycles. The molecular weight excluding hydrogens is 226 g/mol. The van der Waals surface area contributed by atoms with Gasteiger partial charge in [-0.25, -0.2) is 4.98 Å². The Morgan fingerprint density at radius 3 is 2.64 bits per heavy atom. The fraction of sp³-hybridized carbons (Fsp3) is 0.286. The predicted octanol–water partition coefficient (Wildman–Crippen LogP) is 2.82. The molecule has 1 aromatic rings. The van der Waals surface area contributed by atoms with Crippen molar-refractivity contribution in [1.29, 1.82) is 0 Å².